The van der Waals surface area contributed by atoms with Gasteiger partial charge in [0.25, 0.3) is 5.91 Å². The number of allylic oxidation sites excluding steroid dienone is 1. The fourth-order valence-electron chi connectivity index (χ4n) is 5.13. The van der Waals surface area contributed by atoms with Crippen LogP contribution in [0.5, 0.6) is 5.75 Å². The zero-order chi connectivity index (χ0) is 25.4. The van der Waals surface area contributed by atoms with E-state index in [9.17, 15) is 14.4 Å². The molecule has 8 nitrogen and oxygen atoms in total. The highest BCUT2D eigenvalue weighted by atomic mass is 16.5. The van der Waals surface area contributed by atoms with Crippen molar-refractivity contribution in [3.8, 4) is 5.75 Å². The number of piperidine rings is 1. The third kappa shape index (κ3) is 4.90. The van der Waals surface area contributed by atoms with Crippen LogP contribution in [-0.2, 0) is 9.59 Å². The Bertz CT molecular complexity index is 1220. The van der Waals surface area contributed by atoms with Gasteiger partial charge in [-0.05, 0) is 69.7 Å². The quantitative estimate of drug-likeness (QED) is 0.515. The first-order valence-corrected chi connectivity index (χ1v) is 12.8. The molecule has 1 aromatic carbocycles. The van der Waals surface area contributed by atoms with Crippen molar-refractivity contribution in [3.63, 3.8) is 0 Å². The first kappa shape index (κ1) is 24.2. The van der Waals surface area contributed by atoms with Gasteiger partial charge < -0.3 is 25.3 Å². The first-order chi connectivity index (χ1) is 17.3. The molecule has 2 fully saturated rings. The number of rotatable bonds is 7. The Labute approximate surface area is 211 Å². The van der Waals surface area contributed by atoms with E-state index in [2.05, 4.69) is 15.6 Å². The highest BCUT2D eigenvalue weighted by Gasteiger charge is 2.33. The molecule has 0 radical (unpaired) electrons. The van der Waals surface area contributed by atoms with Gasteiger partial charge in [0.1, 0.15) is 5.75 Å². The molecule has 1 unspecified atom stereocenters. The monoisotopic (exact) mass is 490 g/mol. The number of likely N-dealkylation sites (tertiary alicyclic amines) is 1. The Hall–Kier alpha value is -3.55. The number of benzene rings is 1. The van der Waals surface area contributed by atoms with Gasteiger partial charge in [-0.25, -0.2) is 0 Å². The molecule has 0 bridgehead atoms. The van der Waals surface area contributed by atoms with Crippen molar-refractivity contribution in [3.05, 3.63) is 58.5 Å². The highest BCUT2D eigenvalue weighted by Crippen LogP contribution is 2.40. The molecule has 0 spiro atoms. The number of aromatic amines is 1. The van der Waals surface area contributed by atoms with Gasteiger partial charge in [-0.3, -0.25) is 14.4 Å². The molecule has 1 aliphatic carbocycles. The van der Waals surface area contributed by atoms with Crippen molar-refractivity contribution in [2.24, 2.45) is 5.92 Å². The van der Waals surface area contributed by atoms with Crippen LogP contribution in [0.15, 0.2) is 36.2 Å². The maximum atomic E-state index is 13.4. The predicted octanol–water partition coefficient (Wildman–Crippen LogP) is 3.56. The van der Waals surface area contributed by atoms with Crippen molar-refractivity contribution in [2.45, 2.75) is 58.5 Å². The van der Waals surface area contributed by atoms with Crippen molar-refractivity contribution in [2.75, 3.05) is 19.7 Å². The van der Waals surface area contributed by atoms with Crippen LogP contribution in [0.25, 0.3) is 5.57 Å². The predicted molar refractivity (Wildman–Crippen MR) is 136 cm³/mol. The van der Waals surface area contributed by atoms with Gasteiger partial charge in [0.05, 0.1) is 23.9 Å². The number of nitrogens with zero attached hydrogens (tertiary/aromatic N) is 1. The van der Waals surface area contributed by atoms with E-state index in [0.717, 1.165) is 41.1 Å². The fraction of sp³-hybridized carbons (Fsp3) is 0.464. The number of fused-ring (bicyclic) bond motifs is 1. The van der Waals surface area contributed by atoms with Crippen LogP contribution in [0.1, 0.15) is 79.7 Å². The van der Waals surface area contributed by atoms with Crippen LogP contribution in [0.3, 0.4) is 0 Å². The maximum absolute atomic E-state index is 13.4. The molecule has 3 N–H and O–H groups in total. The van der Waals surface area contributed by atoms with Crippen LogP contribution in [0.4, 0.5) is 0 Å². The molecule has 2 aromatic rings. The molecule has 3 aliphatic rings. The number of ketones is 1. The SMILES string of the molecule is CC(=O)c1ccc(OCC2CC2)c(C2NC(C)=C(C(=O)NC3CCN(C(C)=O)CC3)c3[nH]ccc32)c1. The minimum atomic E-state index is -0.255. The molecule has 1 saturated carbocycles. The average molecular weight is 491 g/mol. The van der Waals surface area contributed by atoms with Crippen LogP contribution in [-0.4, -0.2) is 53.2 Å². The number of carbonyl (C=O) groups is 3. The van der Waals surface area contributed by atoms with Crippen molar-refractivity contribution in [1.29, 1.82) is 0 Å². The van der Waals surface area contributed by atoms with Gasteiger partial charge in [-0.2, -0.15) is 0 Å². The van der Waals surface area contributed by atoms with Gasteiger partial charge in [0.2, 0.25) is 5.91 Å². The van der Waals surface area contributed by atoms with E-state index < -0.39 is 0 Å². The Kier molecular flexibility index (Phi) is 6.60. The number of aromatic nitrogens is 1. The maximum Gasteiger partial charge on any atom is 0.255 e. The molecule has 1 atom stereocenters. The summed E-state index contributed by atoms with van der Waals surface area (Å²) in [7, 11) is 0. The van der Waals surface area contributed by atoms with Gasteiger partial charge in [-0.15, -0.1) is 0 Å². The van der Waals surface area contributed by atoms with Crippen LogP contribution >= 0.6 is 0 Å². The second-order valence-electron chi connectivity index (χ2n) is 10.2. The summed E-state index contributed by atoms with van der Waals surface area (Å²) in [5, 5.41) is 6.70. The molecule has 2 aliphatic heterocycles. The topological polar surface area (TPSA) is 104 Å². The van der Waals surface area contributed by atoms with Crippen LogP contribution in [0.2, 0.25) is 0 Å². The second-order valence-corrected chi connectivity index (χ2v) is 10.2. The summed E-state index contributed by atoms with van der Waals surface area (Å²) in [5.74, 6) is 1.30. The van der Waals surface area contributed by atoms with Crippen molar-refractivity contribution >= 4 is 23.2 Å². The summed E-state index contributed by atoms with van der Waals surface area (Å²) < 4.78 is 6.19. The van der Waals surface area contributed by atoms with Crippen LogP contribution in [0, 0.1) is 5.92 Å². The largest absolute Gasteiger partial charge is 0.493 e. The summed E-state index contributed by atoms with van der Waals surface area (Å²) >= 11 is 0. The van der Waals surface area contributed by atoms with E-state index in [0.29, 0.717) is 36.8 Å². The zero-order valence-corrected chi connectivity index (χ0v) is 21.1. The number of H-pyrrole nitrogens is 1. The van der Waals surface area contributed by atoms with Gasteiger partial charge >= 0.3 is 0 Å². The lowest BCUT2D eigenvalue weighted by atomic mass is 9.89. The number of amides is 2. The lowest BCUT2D eigenvalue weighted by molar-refractivity contribution is -0.129. The molecule has 36 heavy (non-hydrogen) atoms. The van der Waals surface area contributed by atoms with Gasteiger partial charge in [-0.1, -0.05) is 0 Å². The minimum Gasteiger partial charge on any atom is -0.493 e. The third-order valence-corrected chi connectivity index (χ3v) is 7.48. The summed E-state index contributed by atoms with van der Waals surface area (Å²) in [6, 6.07) is 7.35. The zero-order valence-electron chi connectivity index (χ0n) is 21.1. The molecular weight excluding hydrogens is 456 g/mol. The van der Waals surface area contributed by atoms with Crippen LogP contribution < -0.4 is 15.4 Å². The number of Topliss-reactive ketones (excluding diaryl/α,β-unsaturated/α-hetero) is 1. The number of ether oxygens (including phenoxy) is 1. The molecule has 3 heterocycles. The molecular formula is C28H34N4O4. The normalized spacial score (nSPS) is 20.0. The van der Waals surface area contributed by atoms with E-state index in [1.165, 1.54) is 12.8 Å². The van der Waals surface area contributed by atoms with E-state index in [1.54, 1.807) is 13.8 Å². The lowest BCUT2D eigenvalue weighted by Gasteiger charge is -2.33. The molecule has 5 rings (SSSR count). The van der Waals surface area contributed by atoms with E-state index >= 15 is 0 Å². The van der Waals surface area contributed by atoms with Crippen molar-refractivity contribution < 1.29 is 19.1 Å². The Morgan fingerprint density at radius 3 is 2.47 bits per heavy atom. The summed E-state index contributed by atoms with van der Waals surface area (Å²) in [6.45, 7) is 7.03. The van der Waals surface area contributed by atoms with Gasteiger partial charge in [0.15, 0.2) is 5.78 Å². The smallest absolute Gasteiger partial charge is 0.255 e. The summed E-state index contributed by atoms with van der Waals surface area (Å²) in [6.07, 6.45) is 5.71. The molecule has 8 heteroatoms. The fourth-order valence-corrected chi connectivity index (χ4v) is 5.13. The molecule has 1 aromatic heterocycles. The van der Waals surface area contributed by atoms with E-state index in [1.807, 2.05) is 42.3 Å². The second kappa shape index (κ2) is 9.84. The molecule has 190 valence electrons. The lowest BCUT2D eigenvalue weighted by Crippen LogP contribution is -2.46. The number of nitrogens with one attached hydrogen (secondary N) is 3. The Morgan fingerprint density at radius 2 is 1.81 bits per heavy atom. The Morgan fingerprint density at radius 1 is 1.06 bits per heavy atom. The summed E-state index contributed by atoms with van der Waals surface area (Å²) in [5.41, 5.74) is 4.58. The first-order valence-electron chi connectivity index (χ1n) is 12.8. The summed E-state index contributed by atoms with van der Waals surface area (Å²) in [4.78, 5) is 42.3. The average Bonchev–Trinajstić information content (AvgIpc) is 3.56. The van der Waals surface area contributed by atoms with Gasteiger partial charge in [0, 0.05) is 54.6 Å². The van der Waals surface area contributed by atoms with E-state index in [-0.39, 0.29) is 29.7 Å². The molecule has 2 amide bonds. The molecule has 1 saturated heterocycles. The minimum absolute atomic E-state index is 0.00162. The number of hydrogen-bond acceptors (Lipinski definition) is 5. The van der Waals surface area contributed by atoms with E-state index in [4.69, 9.17) is 4.74 Å². The Balaban J connectivity index is 1.40. The third-order valence-electron chi connectivity index (χ3n) is 7.48. The number of carbonyl (C=O) groups excluding carboxylic acids is 3. The van der Waals surface area contributed by atoms with Crippen molar-refractivity contribution in [1.82, 2.24) is 20.5 Å². The standard InChI is InChI=1S/C28H34N4O4/c1-16-25(28(35)31-21-9-12-32(13-10-21)18(3)34)27-22(8-11-29-27)26(30-16)23-14-20(17(2)33)6-7-24(23)36-15-19-4-5-19/h6-8,11,14,19,21,26,29-30H,4-5,9-10,12-13,15H2,1-3H3,(H,31,35). The number of hydrogen-bond donors (Lipinski definition) is 3. The highest BCUT2D eigenvalue weighted by molar-refractivity contribution is 6.20.